The number of furan rings is 1. The van der Waals surface area contributed by atoms with Gasteiger partial charge in [0.2, 0.25) is 0 Å². The number of nitrogens with zero attached hydrogens (tertiary/aromatic N) is 3. The van der Waals surface area contributed by atoms with Crippen LogP contribution in [0, 0.1) is 0 Å². The number of para-hydroxylation sites is 1. The van der Waals surface area contributed by atoms with E-state index in [4.69, 9.17) is 19.4 Å². The molecule has 0 N–H and O–H groups in total. The van der Waals surface area contributed by atoms with Crippen molar-refractivity contribution in [3.05, 3.63) is 152 Å². The van der Waals surface area contributed by atoms with Gasteiger partial charge < -0.3 is 4.42 Å². The first-order chi connectivity index (χ1) is 21.3. The standard InChI is InChI=1S/C39H25N3O/c1-4-11-26(12-5-1)27-19-21-28(22-20-27)31-23-24-32-33-17-10-18-34(36(33)43-35(32)25-31)39-41-37(29-13-6-2-7-14-29)40-38(42-39)30-15-8-3-9-16-30/h1-25H. The molecular weight excluding hydrogens is 526 g/mol. The summed E-state index contributed by atoms with van der Waals surface area (Å²) in [6, 6.07) is 51.7. The van der Waals surface area contributed by atoms with Crippen molar-refractivity contribution in [2.24, 2.45) is 0 Å². The highest BCUT2D eigenvalue weighted by Crippen LogP contribution is 2.37. The van der Waals surface area contributed by atoms with Gasteiger partial charge in [-0.25, -0.2) is 15.0 Å². The molecule has 0 aliphatic rings. The van der Waals surface area contributed by atoms with Crippen LogP contribution in [0.4, 0.5) is 0 Å². The van der Waals surface area contributed by atoms with Crippen LogP contribution >= 0.6 is 0 Å². The van der Waals surface area contributed by atoms with Gasteiger partial charge in [0, 0.05) is 21.9 Å². The van der Waals surface area contributed by atoms with Crippen LogP contribution in [0.2, 0.25) is 0 Å². The first-order valence-corrected chi connectivity index (χ1v) is 14.3. The van der Waals surface area contributed by atoms with Gasteiger partial charge in [-0.15, -0.1) is 0 Å². The number of fused-ring (bicyclic) bond motifs is 3. The SMILES string of the molecule is c1ccc(-c2ccc(-c3ccc4c(c3)oc3c(-c5nc(-c6ccccc6)nc(-c6ccccc6)n5)cccc34)cc2)cc1. The Labute approximate surface area is 249 Å². The maximum Gasteiger partial charge on any atom is 0.167 e. The van der Waals surface area contributed by atoms with Crippen LogP contribution in [0.5, 0.6) is 0 Å². The molecule has 6 aromatic carbocycles. The quantitative estimate of drug-likeness (QED) is 0.214. The van der Waals surface area contributed by atoms with Gasteiger partial charge in [-0.1, -0.05) is 133 Å². The largest absolute Gasteiger partial charge is 0.455 e. The number of hydrogen-bond donors (Lipinski definition) is 0. The zero-order chi connectivity index (χ0) is 28.6. The normalized spacial score (nSPS) is 11.3. The summed E-state index contributed by atoms with van der Waals surface area (Å²) in [6.45, 7) is 0. The maximum atomic E-state index is 6.58. The fourth-order valence-corrected chi connectivity index (χ4v) is 5.57. The second kappa shape index (κ2) is 10.5. The van der Waals surface area contributed by atoms with Gasteiger partial charge in [0.15, 0.2) is 17.5 Å². The third kappa shape index (κ3) is 4.65. The third-order valence-corrected chi connectivity index (χ3v) is 7.76. The molecular formula is C39H25N3O. The molecule has 2 heterocycles. The fourth-order valence-electron chi connectivity index (χ4n) is 5.57. The van der Waals surface area contributed by atoms with Gasteiger partial charge in [-0.2, -0.15) is 0 Å². The molecule has 43 heavy (non-hydrogen) atoms. The Bertz CT molecular complexity index is 2150. The molecule has 0 bridgehead atoms. The van der Waals surface area contributed by atoms with Gasteiger partial charge >= 0.3 is 0 Å². The van der Waals surface area contributed by atoms with E-state index in [1.165, 1.54) is 11.1 Å². The lowest BCUT2D eigenvalue weighted by atomic mass is 9.99. The highest BCUT2D eigenvalue weighted by Gasteiger charge is 2.18. The molecule has 0 spiro atoms. The molecule has 0 saturated carbocycles. The summed E-state index contributed by atoms with van der Waals surface area (Å²) in [5.41, 5.74) is 8.93. The van der Waals surface area contributed by atoms with Crippen molar-refractivity contribution >= 4 is 21.9 Å². The van der Waals surface area contributed by atoms with E-state index in [9.17, 15) is 0 Å². The number of benzene rings is 6. The van der Waals surface area contributed by atoms with Crippen molar-refractivity contribution < 1.29 is 4.42 Å². The van der Waals surface area contributed by atoms with Crippen molar-refractivity contribution in [2.45, 2.75) is 0 Å². The van der Waals surface area contributed by atoms with E-state index in [0.717, 1.165) is 49.8 Å². The first kappa shape index (κ1) is 24.9. The van der Waals surface area contributed by atoms with Gasteiger partial charge in [-0.05, 0) is 40.5 Å². The van der Waals surface area contributed by atoms with E-state index < -0.39 is 0 Å². The first-order valence-electron chi connectivity index (χ1n) is 14.3. The minimum atomic E-state index is 0.578. The summed E-state index contributed by atoms with van der Waals surface area (Å²) in [6.07, 6.45) is 0. The molecule has 0 radical (unpaired) electrons. The van der Waals surface area contributed by atoms with Crippen LogP contribution in [0.3, 0.4) is 0 Å². The van der Waals surface area contributed by atoms with E-state index in [-0.39, 0.29) is 0 Å². The van der Waals surface area contributed by atoms with Crippen molar-refractivity contribution in [2.75, 3.05) is 0 Å². The highest BCUT2D eigenvalue weighted by atomic mass is 16.3. The summed E-state index contributed by atoms with van der Waals surface area (Å²) in [5.74, 6) is 1.83. The Balaban J connectivity index is 1.24. The van der Waals surface area contributed by atoms with Crippen molar-refractivity contribution in [3.63, 3.8) is 0 Å². The van der Waals surface area contributed by atoms with Crippen molar-refractivity contribution in [1.29, 1.82) is 0 Å². The molecule has 8 aromatic rings. The van der Waals surface area contributed by atoms with Crippen LogP contribution in [0.15, 0.2) is 156 Å². The Morgan fingerprint density at radius 2 is 0.837 bits per heavy atom. The minimum absolute atomic E-state index is 0.578. The second-order valence-electron chi connectivity index (χ2n) is 10.5. The molecule has 2 aromatic heterocycles. The Kier molecular flexibility index (Phi) is 6.08. The molecule has 4 heteroatoms. The van der Waals surface area contributed by atoms with E-state index in [0.29, 0.717) is 17.5 Å². The number of hydrogen-bond acceptors (Lipinski definition) is 4. The lowest BCUT2D eigenvalue weighted by Crippen LogP contribution is -2.00. The van der Waals surface area contributed by atoms with Crippen LogP contribution < -0.4 is 0 Å². The smallest absolute Gasteiger partial charge is 0.167 e. The lowest BCUT2D eigenvalue weighted by Gasteiger charge is -2.08. The zero-order valence-electron chi connectivity index (χ0n) is 23.2. The van der Waals surface area contributed by atoms with Gasteiger partial charge in [-0.3, -0.25) is 0 Å². The summed E-state index contributed by atoms with van der Waals surface area (Å²) in [5, 5.41) is 2.09. The molecule has 0 unspecified atom stereocenters. The Morgan fingerprint density at radius 3 is 1.44 bits per heavy atom. The monoisotopic (exact) mass is 551 g/mol. The van der Waals surface area contributed by atoms with Gasteiger partial charge in [0.1, 0.15) is 11.2 Å². The molecule has 4 nitrogen and oxygen atoms in total. The lowest BCUT2D eigenvalue weighted by molar-refractivity contribution is 0.669. The van der Waals surface area contributed by atoms with Crippen LogP contribution in [-0.2, 0) is 0 Å². The predicted octanol–water partition coefficient (Wildman–Crippen LogP) is 10.1. The van der Waals surface area contributed by atoms with Gasteiger partial charge in [0.25, 0.3) is 0 Å². The van der Waals surface area contributed by atoms with Crippen molar-refractivity contribution in [3.8, 4) is 56.4 Å². The fraction of sp³-hybridized carbons (Fsp3) is 0. The van der Waals surface area contributed by atoms with Crippen LogP contribution in [0.25, 0.3) is 78.4 Å². The molecule has 0 saturated heterocycles. The third-order valence-electron chi connectivity index (χ3n) is 7.76. The number of aromatic nitrogens is 3. The maximum absolute atomic E-state index is 6.58. The van der Waals surface area contributed by atoms with Crippen molar-refractivity contribution in [1.82, 2.24) is 15.0 Å². The van der Waals surface area contributed by atoms with Crippen LogP contribution in [0.1, 0.15) is 0 Å². The summed E-state index contributed by atoms with van der Waals surface area (Å²) >= 11 is 0. The highest BCUT2D eigenvalue weighted by molar-refractivity contribution is 6.10. The van der Waals surface area contributed by atoms with E-state index in [1.807, 2.05) is 78.9 Å². The molecule has 202 valence electrons. The molecule has 0 amide bonds. The minimum Gasteiger partial charge on any atom is -0.455 e. The number of rotatable bonds is 5. The molecule has 0 atom stereocenters. The molecule has 8 rings (SSSR count). The predicted molar refractivity (Wildman–Crippen MR) is 174 cm³/mol. The van der Waals surface area contributed by atoms with E-state index in [1.54, 1.807) is 0 Å². The van der Waals surface area contributed by atoms with Gasteiger partial charge in [0.05, 0.1) is 5.56 Å². The average Bonchev–Trinajstić information content (AvgIpc) is 3.47. The topological polar surface area (TPSA) is 51.8 Å². The summed E-state index contributed by atoms with van der Waals surface area (Å²) in [4.78, 5) is 14.7. The second-order valence-corrected chi connectivity index (χ2v) is 10.5. The van der Waals surface area contributed by atoms with Crippen LogP contribution in [-0.4, -0.2) is 15.0 Å². The summed E-state index contributed by atoms with van der Waals surface area (Å²) < 4.78 is 6.58. The summed E-state index contributed by atoms with van der Waals surface area (Å²) in [7, 11) is 0. The average molecular weight is 552 g/mol. The van der Waals surface area contributed by atoms with E-state index >= 15 is 0 Å². The molecule has 0 aliphatic heterocycles. The van der Waals surface area contributed by atoms with E-state index in [2.05, 4.69) is 72.8 Å². The Morgan fingerprint density at radius 1 is 0.349 bits per heavy atom. The molecule has 0 fully saturated rings. The Hall–Kier alpha value is -5.87. The zero-order valence-corrected chi connectivity index (χ0v) is 23.2. The molecule has 0 aliphatic carbocycles.